The third kappa shape index (κ3) is 6.70. The first-order valence-electron chi connectivity index (χ1n) is 8.32. The number of hydrogen-bond donors (Lipinski definition) is 1. The highest BCUT2D eigenvalue weighted by molar-refractivity contribution is 8.29. The zero-order valence-electron chi connectivity index (χ0n) is 14.7. The third-order valence-corrected chi connectivity index (χ3v) is 7.92. The van der Waals surface area contributed by atoms with Gasteiger partial charge in [-0.3, -0.25) is 4.79 Å². The topological polar surface area (TPSA) is 40.5 Å². The number of Topliss-reactive ketones (excluding diaryl/α,β-unsaturated/α-hetero) is 1. The van der Waals surface area contributed by atoms with E-state index in [1.54, 1.807) is 0 Å². The second kappa shape index (κ2) is 7.98. The number of carbonyl (C=O) groups is 1. The minimum absolute atomic E-state index is 0.0764. The lowest BCUT2D eigenvalue weighted by molar-refractivity contribution is -0.121. The Morgan fingerprint density at radius 3 is 1.86 bits per heavy atom. The van der Waals surface area contributed by atoms with E-state index in [0.717, 1.165) is 31.7 Å². The van der Waals surface area contributed by atoms with Gasteiger partial charge in [0.15, 0.2) is 0 Å². The number of nitrogens with zero attached hydrogens (tertiary/aromatic N) is 1. The van der Waals surface area contributed by atoms with Crippen LogP contribution in [0.15, 0.2) is 0 Å². The largest absolute Gasteiger partial charge is 0.352 e. The van der Waals surface area contributed by atoms with Crippen molar-refractivity contribution in [3.05, 3.63) is 0 Å². The molecule has 4 heteroatoms. The molecule has 1 heterocycles. The summed E-state index contributed by atoms with van der Waals surface area (Å²) in [7, 11) is -1.34. The summed E-state index contributed by atoms with van der Waals surface area (Å²) in [5.41, 5.74) is 0. The molecule has 21 heavy (non-hydrogen) atoms. The number of carbonyl (C=O) groups excluding carboxylic acids is 1. The van der Waals surface area contributed by atoms with E-state index < -0.39 is 10.3 Å². The van der Waals surface area contributed by atoms with Crippen molar-refractivity contribution in [2.75, 3.05) is 25.6 Å². The van der Waals surface area contributed by atoms with Crippen LogP contribution in [-0.4, -0.2) is 51.6 Å². The summed E-state index contributed by atoms with van der Waals surface area (Å²) in [6.07, 6.45) is 11.9. The normalized spacial score (nSPS) is 23.4. The van der Waals surface area contributed by atoms with Crippen LogP contribution in [0.4, 0.5) is 0 Å². The fourth-order valence-corrected chi connectivity index (χ4v) is 2.57. The Morgan fingerprint density at radius 2 is 1.48 bits per heavy atom. The molecule has 0 radical (unpaired) electrons. The van der Waals surface area contributed by atoms with E-state index in [1.165, 1.54) is 32.4 Å². The van der Waals surface area contributed by atoms with Crippen molar-refractivity contribution in [1.82, 2.24) is 4.90 Å². The van der Waals surface area contributed by atoms with Crippen LogP contribution in [0.3, 0.4) is 0 Å². The van der Waals surface area contributed by atoms with Crippen molar-refractivity contribution in [3.63, 3.8) is 0 Å². The molecule has 0 unspecified atom stereocenters. The van der Waals surface area contributed by atoms with E-state index in [2.05, 4.69) is 25.7 Å². The monoisotopic (exact) mass is 317 g/mol. The number of rotatable bonds is 1. The van der Waals surface area contributed by atoms with Gasteiger partial charge in [0.1, 0.15) is 5.78 Å². The van der Waals surface area contributed by atoms with Gasteiger partial charge in [0, 0.05) is 23.6 Å². The third-order valence-electron chi connectivity index (χ3n) is 4.92. The van der Waals surface area contributed by atoms with E-state index in [-0.39, 0.29) is 4.75 Å². The van der Waals surface area contributed by atoms with Gasteiger partial charge in [-0.25, -0.2) is 0 Å². The van der Waals surface area contributed by atoms with Gasteiger partial charge in [0.2, 0.25) is 0 Å². The van der Waals surface area contributed by atoms with Crippen LogP contribution in [0, 0.1) is 0 Å². The number of ketones is 1. The van der Waals surface area contributed by atoms with Gasteiger partial charge in [0.25, 0.3) is 0 Å². The van der Waals surface area contributed by atoms with E-state index in [4.69, 9.17) is 0 Å². The Morgan fingerprint density at radius 1 is 1.05 bits per heavy atom. The van der Waals surface area contributed by atoms with Gasteiger partial charge in [-0.1, -0.05) is 27.2 Å². The highest BCUT2D eigenvalue weighted by Gasteiger charge is 2.25. The lowest BCUT2D eigenvalue weighted by Gasteiger charge is -2.38. The van der Waals surface area contributed by atoms with E-state index in [0.29, 0.717) is 5.78 Å². The molecule has 1 aliphatic heterocycles. The molecule has 0 amide bonds. The molecule has 0 aromatic heterocycles. The maximum absolute atomic E-state index is 11.1. The minimum Gasteiger partial charge on any atom is -0.352 e. The van der Waals surface area contributed by atoms with Crippen molar-refractivity contribution >= 4 is 16.1 Å². The Bertz CT molecular complexity index is 303. The molecule has 0 atom stereocenters. The molecule has 0 spiro atoms. The second-order valence-corrected chi connectivity index (χ2v) is 11.5. The molecule has 1 N–H and O–H groups in total. The second-order valence-electron chi connectivity index (χ2n) is 7.75. The van der Waals surface area contributed by atoms with Crippen molar-refractivity contribution in [2.45, 2.75) is 76.5 Å². The molecule has 1 saturated heterocycles. The van der Waals surface area contributed by atoms with Gasteiger partial charge >= 0.3 is 0 Å². The molecule has 0 aromatic rings. The molecule has 2 rings (SSSR count). The Kier molecular flexibility index (Phi) is 7.21. The van der Waals surface area contributed by atoms with Gasteiger partial charge in [0.05, 0.1) is 0 Å². The highest BCUT2D eigenvalue weighted by atomic mass is 32.3. The summed E-state index contributed by atoms with van der Waals surface area (Å²) in [5.74, 6) is 0.480. The molecule has 1 saturated carbocycles. The average molecular weight is 318 g/mol. The predicted octanol–water partition coefficient (Wildman–Crippen LogP) is 4.31. The summed E-state index contributed by atoms with van der Waals surface area (Å²) >= 11 is 0. The minimum atomic E-state index is -1.34. The molecule has 2 fully saturated rings. The summed E-state index contributed by atoms with van der Waals surface area (Å²) in [6, 6.07) is 0.734. The molecule has 1 aliphatic carbocycles. The van der Waals surface area contributed by atoms with Crippen LogP contribution in [0.1, 0.15) is 65.7 Å². The van der Waals surface area contributed by atoms with E-state index in [9.17, 15) is 9.35 Å². The molecule has 3 nitrogen and oxygen atoms in total. The fraction of sp³-hybridized carbons (Fsp3) is 0.941. The van der Waals surface area contributed by atoms with Crippen LogP contribution in [0.25, 0.3) is 0 Å². The van der Waals surface area contributed by atoms with Gasteiger partial charge in [-0.2, -0.15) is 0 Å². The van der Waals surface area contributed by atoms with Gasteiger partial charge < -0.3 is 9.45 Å². The van der Waals surface area contributed by atoms with Crippen LogP contribution in [-0.2, 0) is 4.79 Å². The summed E-state index contributed by atoms with van der Waals surface area (Å²) in [6.45, 7) is 8.73. The number of piperidine rings is 1. The maximum atomic E-state index is 11.1. The maximum Gasteiger partial charge on any atom is 0.133 e. The summed E-state index contributed by atoms with van der Waals surface area (Å²) in [4.78, 5) is 13.7. The Hall–Kier alpha value is -0.0600. The van der Waals surface area contributed by atoms with Crippen LogP contribution < -0.4 is 0 Å². The fourth-order valence-electron chi connectivity index (χ4n) is 2.57. The molecule has 0 aromatic carbocycles. The number of likely N-dealkylation sites (tertiary alicyclic amines) is 1. The standard InChI is InChI=1S/C11H19NO.C6H16OS/c13-11-6-4-10(5-7-11)12-8-2-1-3-9-12;1-6(2,3)8(4,5)7/h10H,1-9H2;7H,1-5H3. The zero-order valence-corrected chi connectivity index (χ0v) is 15.5. The van der Waals surface area contributed by atoms with E-state index >= 15 is 0 Å². The smallest absolute Gasteiger partial charge is 0.133 e. The highest BCUT2D eigenvalue weighted by Crippen LogP contribution is 2.48. The predicted molar refractivity (Wildman–Crippen MR) is 94.5 cm³/mol. The zero-order chi connectivity index (χ0) is 16.1. The average Bonchev–Trinajstić information content (AvgIpc) is 2.39. The van der Waals surface area contributed by atoms with Gasteiger partial charge in [-0.15, -0.1) is 10.3 Å². The number of hydrogen-bond acceptors (Lipinski definition) is 3. The first kappa shape index (κ1) is 19.0. The molecule has 0 bridgehead atoms. The summed E-state index contributed by atoms with van der Waals surface area (Å²) < 4.78 is 9.51. The van der Waals surface area contributed by atoms with E-state index in [1.807, 2.05) is 12.5 Å². The molecular formula is C17H35NO2S. The Labute approximate surface area is 133 Å². The van der Waals surface area contributed by atoms with Gasteiger partial charge in [-0.05, 0) is 51.3 Å². The van der Waals surface area contributed by atoms with Crippen molar-refractivity contribution in [2.24, 2.45) is 0 Å². The SMILES string of the molecule is CC(C)(C)S(C)(C)O.O=C1CCC(N2CCCCC2)CC1. The van der Waals surface area contributed by atoms with Crippen LogP contribution in [0.5, 0.6) is 0 Å². The van der Waals surface area contributed by atoms with Crippen molar-refractivity contribution < 1.29 is 9.35 Å². The lowest BCUT2D eigenvalue weighted by Crippen LogP contribution is -2.41. The first-order valence-corrected chi connectivity index (χ1v) is 10.7. The van der Waals surface area contributed by atoms with Crippen LogP contribution >= 0.6 is 10.3 Å². The molecular weight excluding hydrogens is 282 g/mol. The quantitative estimate of drug-likeness (QED) is 0.783. The van der Waals surface area contributed by atoms with Crippen molar-refractivity contribution in [3.8, 4) is 0 Å². The molecule has 126 valence electrons. The van der Waals surface area contributed by atoms with Crippen molar-refractivity contribution in [1.29, 1.82) is 0 Å². The summed E-state index contributed by atoms with van der Waals surface area (Å²) in [5, 5.41) is 0. The lowest BCUT2D eigenvalue weighted by atomic mass is 9.92. The Balaban J connectivity index is 0.000000240. The van der Waals surface area contributed by atoms with Crippen LogP contribution in [0.2, 0.25) is 0 Å². The first-order chi connectivity index (χ1) is 9.61. The molecule has 2 aliphatic rings.